The molecule has 0 radical (unpaired) electrons. The van der Waals surface area contributed by atoms with Crippen LogP contribution in [-0.4, -0.2) is 22.1 Å². The number of hydrogen-bond donors (Lipinski definition) is 1. The molecule has 0 aliphatic heterocycles. The fourth-order valence-corrected chi connectivity index (χ4v) is 3.60. The van der Waals surface area contributed by atoms with Crippen molar-refractivity contribution in [2.24, 2.45) is 11.8 Å². The second-order valence-electron chi connectivity index (χ2n) is 5.24. The van der Waals surface area contributed by atoms with Crippen LogP contribution in [-0.2, 0) is 4.79 Å². The Labute approximate surface area is 103 Å². The number of carbonyl (C=O) groups is 1. The molecule has 0 saturated heterocycles. The van der Waals surface area contributed by atoms with Gasteiger partial charge in [-0.3, -0.25) is 4.79 Å². The summed E-state index contributed by atoms with van der Waals surface area (Å²) >= 11 is 1.65. The number of carboxylic acids is 1. The van der Waals surface area contributed by atoms with E-state index in [4.69, 9.17) is 0 Å². The summed E-state index contributed by atoms with van der Waals surface area (Å²) in [4.78, 5) is 11.3. The smallest absolute Gasteiger partial charge is 0.316 e. The molecule has 1 aliphatic carbocycles. The zero-order chi connectivity index (χ0) is 12.0. The van der Waals surface area contributed by atoms with Gasteiger partial charge in [0, 0.05) is 0 Å². The van der Waals surface area contributed by atoms with Crippen molar-refractivity contribution in [3.63, 3.8) is 0 Å². The molecule has 0 aromatic rings. The molecule has 0 heterocycles. The number of hydrogen-bond acceptors (Lipinski definition) is 2. The van der Waals surface area contributed by atoms with E-state index in [1.165, 1.54) is 25.7 Å². The molecule has 1 atom stereocenters. The number of rotatable bonds is 5. The van der Waals surface area contributed by atoms with Crippen LogP contribution in [0.2, 0.25) is 0 Å². The highest BCUT2D eigenvalue weighted by molar-refractivity contribution is 8.00. The zero-order valence-corrected chi connectivity index (χ0v) is 11.3. The molecular formula is C13H24O2S. The van der Waals surface area contributed by atoms with Crippen LogP contribution in [0.5, 0.6) is 0 Å². The second-order valence-corrected chi connectivity index (χ2v) is 6.41. The predicted octanol–water partition coefficient (Wildman–Crippen LogP) is 3.80. The maximum Gasteiger partial charge on any atom is 0.316 e. The highest BCUT2D eigenvalue weighted by atomic mass is 32.2. The fraction of sp³-hybridized carbons (Fsp3) is 0.923. The van der Waals surface area contributed by atoms with E-state index in [2.05, 4.69) is 13.8 Å². The van der Waals surface area contributed by atoms with Gasteiger partial charge < -0.3 is 5.11 Å². The molecule has 1 N–H and O–H groups in total. The van der Waals surface area contributed by atoms with Gasteiger partial charge in [-0.05, 0) is 30.4 Å². The third-order valence-electron chi connectivity index (χ3n) is 3.18. The molecule has 0 aromatic heterocycles. The molecule has 0 spiro atoms. The Morgan fingerprint density at radius 1 is 1.25 bits per heavy atom. The van der Waals surface area contributed by atoms with Crippen LogP contribution < -0.4 is 0 Å². The average Bonchev–Trinajstić information content (AvgIpc) is 2.45. The third kappa shape index (κ3) is 4.77. The summed E-state index contributed by atoms with van der Waals surface area (Å²) in [6.45, 7) is 4.30. The first-order valence-electron chi connectivity index (χ1n) is 6.45. The minimum absolute atomic E-state index is 0.166. The number of carboxylic acid groups (broad SMARTS) is 1. The summed E-state index contributed by atoms with van der Waals surface area (Å²) < 4.78 is 0. The summed E-state index contributed by atoms with van der Waals surface area (Å²) in [5.74, 6) is 1.35. The summed E-state index contributed by atoms with van der Waals surface area (Å²) in [7, 11) is 0. The first-order valence-corrected chi connectivity index (χ1v) is 7.50. The van der Waals surface area contributed by atoms with Crippen molar-refractivity contribution in [1.29, 1.82) is 0 Å². The fourth-order valence-electron chi connectivity index (χ4n) is 2.32. The van der Waals surface area contributed by atoms with Gasteiger partial charge in [0.2, 0.25) is 0 Å². The molecule has 2 nitrogen and oxygen atoms in total. The summed E-state index contributed by atoms with van der Waals surface area (Å²) in [5, 5.41) is 9.14. The van der Waals surface area contributed by atoms with Crippen LogP contribution in [0.4, 0.5) is 0 Å². The monoisotopic (exact) mass is 244 g/mol. The van der Waals surface area contributed by atoms with Gasteiger partial charge in [-0.15, -0.1) is 11.8 Å². The van der Waals surface area contributed by atoms with Crippen molar-refractivity contribution in [1.82, 2.24) is 0 Å². The Hall–Kier alpha value is -0.180. The van der Waals surface area contributed by atoms with Crippen LogP contribution in [0.15, 0.2) is 0 Å². The molecule has 1 saturated carbocycles. The lowest BCUT2D eigenvalue weighted by atomic mass is 9.96. The Balaban J connectivity index is 2.49. The van der Waals surface area contributed by atoms with E-state index in [-0.39, 0.29) is 5.25 Å². The lowest BCUT2D eigenvalue weighted by Crippen LogP contribution is -2.27. The van der Waals surface area contributed by atoms with E-state index < -0.39 is 5.97 Å². The van der Waals surface area contributed by atoms with E-state index in [0.717, 1.165) is 18.6 Å². The van der Waals surface area contributed by atoms with Crippen molar-refractivity contribution in [2.75, 3.05) is 5.75 Å². The summed E-state index contributed by atoms with van der Waals surface area (Å²) in [6, 6.07) is 0. The van der Waals surface area contributed by atoms with Crippen LogP contribution in [0.25, 0.3) is 0 Å². The first kappa shape index (κ1) is 13.9. The van der Waals surface area contributed by atoms with Gasteiger partial charge in [-0.2, -0.15) is 0 Å². The summed E-state index contributed by atoms with van der Waals surface area (Å²) in [6.07, 6.45) is 7.24. The van der Waals surface area contributed by atoms with Gasteiger partial charge in [0.1, 0.15) is 5.25 Å². The van der Waals surface area contributed by atoms with E-state index in [0.29, 0.717) is 11.8 Å². The van der Waals surface area contributed by atoms with Crippen molar-refractivity contribution in [3.8, 4) is 0 Å². The zero-order valence-electron chi connectivity index (χ0n) is 10.4. The van der Waals surface area contributed by atoms with E-state index in [1.54, 1.807) is 11.8 Å². The van der Waals surface area contributed by atoms with Crippen molar-refractivity contribution in [2.45, 2.75) is 57.6 Å². The van der Waals surface area contributed by atoms with E-state index >= 15 is 0 Å². The van der Waals surface area contributed by atoms with Gasteiger partial charge >= 0.3 is 5.97 Å². The maximum absolute atomic E-state index is 11.3. The van der Waals surface area contributed by atoms with Crippen molar-refractivity contribution < 1.29 is 9.90 Å². The molecule has 1 fully saturated rings. The highest BCUT2D eigenvalue weighted by Gasteiger charge is 2.28. The molecule has 1 rings (SSSR count). The molecule has 1 unspecified atom stereocenters. The van der Waals surface area contributed by atoms with Crippen LogP contribution in [0, 0.1) is 11.8 Å². The lowest BCUT2D eigenvalue weighted by molar-refractivity contribution is -0.137. The average molecular weight is 244 g/mol. The van der Waals surface area contributed by atoms with Gasteiger partial charge in [-0.25, -0.2) is 0 Å². The van der Waals surface area contributed by atoms with Crippen LogP contribution in [0.1, 0.15) is 52.4 Å². The van der Waals surface area contributed by atoms with Crippen molar-refractivity contribution >= 4 is 17.7 Å². The quantitative estimate of drug-likeness (QED) is 0.747. The molecule has 0 aromatic carbocycles. The van der Waals surface area contributed by atoms with Gasteiger partial charge in [0.05, 0.1) is 0 Å². The molecule has 16 heavy (non-hydrogen) atoms. The Kier molecular flexibility index (Phi) is 6.25. The maximum atomic E-state index is 11.3. The highest BCUT2D eigenvalue weighted by Crippen LogP contribution is 2.32. The molecule has 0 bridgehead atoms. The SMILES string of the molecule is CC(C)CSC(C(=O)O)C1CCCCCC1. The third-order valence-corrected chi connectivity index (χ3v) is 4.99. The minimum atomic E-state index is -0.599. The van der Waals surface area contributed by atoms with Crippen LogP contribution >= 0.6 is 11.8 Å². The largest absolute Gasteiger partial charge is 0.480 e. The van der Waals surface area contributed by atoms with Gasteiger partial charge in [0.15, 0.2) is 0 Å². The first-order chi connectivity index (χ1) is 7.61. The molecule has 3 heteroatoms. The van der Waals surface area contributed by atoms with Crippen molar-refractivity contribution in [3.05, 3.63) is 0 Å². The molecular weight excluding hydrogens is 220 g/mol. The molecule has 0 amide bonds. The molecule has 94 valence electrons. The number of thioether (sulfide) groups is 1. The second kappa shape index (κ2) is 7.21. The number of aliphatic carboxylic acids is 1. The Morgan fingerprint density at radius 3 is 2.25 bits per heavy atom. The van der Waals surface area contributed by atoms with E-state index in [1.807, 2.05) is 0 Å². The molecule has 1 aliphatic rings. The topological polar surface area (TPSA) is 37.3 Å². The van der Waals surface area contributed by atoms with Gasteiger partial charge in [0.25, 0.3) is 0 Å². The normalized spacial score (nSPS) is 20.7. The Morgan fingerprint density at radius 2 is 1.81 bits per heavy atom. The summed E-state index contributed by atoms with van der Waals surface area (Å²) in [5.41, 5.74) is 0. The van der Waals surface area contributed by atoms with Crippen LogP contribution in [0.3, 0.4) is 0 Å². The van der Waals surface area contributed by atoms with E-state index in [9.17, 15) is 9.90 Å². The standard InChI is InChI=1S/C13H24O2S/c1-10(2)9-16-12(13(14)15)11-7-5-3-4-6-8-11/h10-12H,3-9H2,1-2H3,(H,14,15). The lowest BCUT2D eigenvalue weighted by Gasteiger charge is -2.22. The van der Waals surface area contributed by atoms with Gasteiger partial charge in [-0.1, -0.05) is 39.5 Å². The minimum Gasteiger partial charge on any atom is -0.480 e. The predicted molar refractivity (Wildman–Crippen MR) is 69.9 cm³/mol. The Bertz CT molecular complexity index is 208.